The van der Waals surface area contributed by atoms with Gasteiger partial charge >= 0.3 is 0 Å². The molecule has 2 fully saturated rings. The summed E-state index contributed by atoms with van der Waals surface area (Å²) in [5, 5.41) is 2.37. The van der Waals surface area contributed by atoms with E-state index in [1.54, 1.807) is 6.07 Å². The summed E-state index contributed by atoms with van der Waals surface area (Å²) in [4.78, 5) is 30.6. The van der Waals surface area contributed by atoms with Gasteiger partial charge in [0.1, 0.15) is 11.0 Å². The lowest BCUT2D eigenvalue weighted by molar-refractivity contribution is -0.128. The van der Waals surface area contributed by atoms with Crippen molar-refractivity contribution in [1.29, 1.82) is 0 Å². The first-order valence-corrected chi connectivity index (χ1v) is 14.3. The number of benzene rings is 2. The molecule has 194 valence electrons. The van der Waals surface area contributed by atoms with E-state index in [1.807, 2.05) is 47.4 Å². The molecular formula is C26H27Cl3N6OS. The number of anilines is 3. The van der Waals surface area contributed by atoms with Crippen LogP contribution in [0.5, 0.6) is 0 Å². The second kappa shape index (κ2) is 12.0. The van der Waals surface area contributed by atoms with Crippen LogP contribution in [-0.2, 0) is 4.79 Å². The molecule has 0 atom stereocenters. The second-order valence-corrected chi connectivity index (χ2v) is 11.1. The number of hydrogen-bond donors (Lipinski definition) is 0. The van der Waals surface area contributed by atoms with Crippen LogP contribution in [0.2, 0.25) is 15.2 Å². The van der Waals surface area contributed by atoms with E-state index in [0.29, 0.717) is 23.4 Å². The Hall–Kier alpha value is -2.39. The predicted octanol–water partition coefficient (Wildman–Crippen LogP) is 5.20. The maximum atomic E-state index is 12.9. The Kier molecular flexibility index (Phi) is 8.49. The summed E-state index contributed by atoms with van der Waals surface area (Å²) in [5.74, 6) is 1.13. The molecule has 7 nitrogen and oxygen atoms in total. The average Bonchev–Trinajstić information content (AvgIpc) is 2.92. The van der Waals surface area contributed by atoms with Gasteiger partial charge in [0.05, 0.1) is 16.5 Å². The van der Waals surface area contributed by atoms with Crippen molar-refractivity contribution in [3.05, 3.63) is 69.8 Å². The van der Waals surface area contributed by atoms with E-state index >= 15 is 0 Å². The Morgan fingerprint density at radius 1 is 0.784 bits per heavy atom. The smallest absolute Gasteiger partial charge is 0.233 e. The van der Waals surface area contributed by atoms with Crippen LogP contribution < -0.4 is 14.7 Å². The summed E-state index contributed by atoms with van der Waals surface area (Å²) >= 11 is 20.2. The van der Waals surface area contributed by atoms with Crippen molar-refractivity contribution >= 4 is 69.7 Å². The van der Waals surface area contributed by atoms with Gasteiger partial charge in [-0.25, -0.2) is 9.97 Å². The Morgan fingerprint density at radius 2 is 1.49 bits per heavy atom. The monoisotopic (exact) mass is 576 g/mol. The number of thioether (sulfide) groups is 1. The van der Waals surface area contributed by atoms with Gasteiger partial charge in [-0.2, -0.15) is 0 Å². The van der Waals surface area contributed by atoms with Gasteiger partial charge in [0.2, 0.25) is 5.91 Å². The van der Waals surface area contributed by atoms with Crippen LogP contribution in [-0.4, -0.2) is 78.9 Å². The van der Waals surface area contributed by atoms with Crippen LogP contribution in [0.1, 0.15) is 0 Å². The van der Waals surface area contributed by atoms with Crippen molar-refractivity contribution in [2.45, 2.75) is 5.16 Å². The lowest BCUT2D eigenvalue weighted by Gasteiger charge is -2.37. The van der Waals surface area contributed by atoms with Crippen LogP contribution in [0.4, 0.5) is 17.2 Å². The van der Waals surface area contributed by atoms with E-state index in [-0.39, 0.29) is 11.7 Å². The van der Waals surface area contributed by atoms with Crippen molar-refractivity contribution in [3.63, 3.8) is 0 Å². The highest BCUT2D eigenvalue weighted by Crippen LogP contribution is 2.27. The quantitative estimate of drug-likeness (QED) is 0.227. The van der Waals surface area contributed by atoms with Crippen molar-refractivity contribution < 1.29 is 4.79 Å². The molecule has 0 radical (unpaired) electrons. The number of rotatable bonds is 6. The molecule has 2 saturated heterocycles. The molecule has 1 aromatic heterocycles. The molecule has 37 heavy (non-hydrogen) atoms. The number of para-hydroxylation sites is 1. The Morgan fingerprint density at radius 3 is 2.22 bits per heavy atom. The summed E-state index contributed by atoms with van der Waals surface area (Å²) < 4.78 is 0. The van der Waals surface area contributed by atoms with E-state index in [9.17, 15) is 4.79 Å². The summed E-state index contributed by atoms with van der Waals surface area (Å²) in [7, 11) is 0. The SMILES string of the molecule is O=C(CSc1nc(Cl)cc(N2CCN(c3cccc(Cl)c3)CC2)n1)N1CCN(c2ccccc2Cl)CC1. The molecule has 0 aliphatic carbocycles. The normalized spacial score (nSPS) is 16.3. The fraction of sp³-hybridized carbons (Fsp3) is 0.346. The van der Waals surface area contributed by atoms with Gasteiger partial charge in [0, 0.05) is 69.1 Å². The number of hydrogen-bond acceptors (Lipinski definition) is 7. The number of halogens is 3. The zero-order chi connectivity index (χ0) is 25.8. The minimum absolute atomic E-state index is 0.0732. The highest BCUT2D eigenvalue weighted by molar-refractivity contribution is 7.99. The van der Waals surface area contributed by atoms with Crippen LogP contribution in [0.3, 0.4) is 0 Å². The lowest BCUT2D eigenvalue weighted by Crippen LogP contribution is -2.49. The van der Waals surface area contributed by atoms with Crippen LogP contribution in [0.25, 0.3) is 0 Å². The van der Waals surface area contributed by atoms with Crippen LogP contribution in [0, 0.1) is 0 Å². The van der Waals surface area contributed by atoms with Gasteiger partial charge in [-0.05, 0) is 30.3 Å². The van der Waals surface area contributed by atoms with E-state index in [4.69, 9.17) is 39.8 Å². The number of aromatic nitrogens is 2. The second-order valence-electron chi connectivity index (χ2n) is 8.89. The average molecular weight is 578 g/mol. The third-order valence-electron chi connectivity index (χ3n) is 6.59. The van der Waals surface area contributed by atoms with E-state index in [0.717, 1.165) is 66.5 Å². The van der Waals surface area contributed by atoms with Crippen molar-refractivity contribution in [1.82, 2.24) is 14.9 Å². The first-order valence-electron chi connectivity index (χ1n) is 12.2. The maximum absolute atomic E-state index is 12.9. The van der Waals surface area contributed by atoms with Gasteiger partial charge in [-0.3, -0.25) is 4.79 Å². The fourth-order valence-corrected chi connectivity index (χ4v) is 6.02. The first-order chi connectivity index (χ1) is 18.0. The maximum Gasteiger partial charge on any atom is 0.233 e. The summed E-state index contributed by atoms with van der Waals surface area (Å²) in [6.07, 6.45) is 0. The highest BCUT2D eigenvalue weighted by atomic mass is 35.5. The van der Waals surface area contributed by atoms with Gasteiger partial charge < -0.3 is 19.6 Å². The molecule has 1 amide bonds. The minimum Gasteiger partial charge on any atom is -0.368 e. The molecule has 0 N–H and O–H groups in total. The fourth-order valence-electron chi connectivity index (χ4n) is 4.60. The molecule has 2 aromatic carbocycles. The van der Waals surface area contributed by atoms with Crippen molar-refractivity contribution in [3.8, 4) is 0 Å². The lowest BCUT2D eigenvalue weighted by atomic mass is 10.2. The Balaban J connectivity index is 1.14. The number of carbonyl (C=O) groups is 1. The highest BCUT2D eigenvalue weighted by Gasteiger charge is 2.24. The molecule has 2 aliphatic rings. The third kappa shape index (κ3) is 6.55. The summed E-state index contributed by atoms with van der Waals surface area (Å²) in [6.45, 7) is 6.12. The predicted molar refractivity (Wildman–Crippen MR) is 154 cm³/mol. The largest absolute Gasteiger partial charge is 0.368 e. The van der Waals surface area contributed by atoms with Gasteiger partial charge in [-0.1, -0.05) is 64.8 Å². The molecule has 11 heteroatoms. The molecule has 3 aromatic rings. The topological polar surface area (TPSA) is 55.8 Å². The van der Waals surface area contributed by atoms with Crippen LogP contribution >= 0.6 is 46.6 Å². The molecule has 0 bridgehead atoms. The minimum atomic E-state index is 0.0732. The zero-order valence-electron chi connectivity index (χ0n) is 20.2. The molecule has 5 rings (SSSR count). The molecular weight excluding hydrogens is 551 g/mol. The molecule has 2 aliphatic heterocycles. The Labute approximate surface area is 236 Å². The molecule has 0 spiro atoms. The van der Waals surface area contributed by atoms with Gasteiger partial charge in [-0.15, -0.1) is 0 Å². The van der Waals surface area contributed by atoms with Crippen molar-refractivity contribution in [2.24, 2.45) is 0 Å². The molecule has 0 unspecified atom stereocenters. The number of piperazine rings is 2. The van der Waals surface area contributed by atoms with E-state index < -0.39 is 0 Å². The zero-order valence-corrected chi connectivity index (χ0v) is 23.3. The summed E-state index contributed by atoms with van der Waals surface area (Å²) in [5.41, 5.74) is 2.13. The molecule has 3 heterocycles. The van der Waals surface area contributed by atoms with Crippen LogP contribution in [0.15, 0.2) is 59.8 Å². The van der Waals surface area contributed by atoms with Crippen molar-refractivity contribution in [2.75, 3.05) is 72.8 Å². The number of carbonyl (C=O) groups excluding carboxylic acids is 1. The van der Waals surface area contributed by atoms with E-state index in [2.05, 4.69) is 25.8 Å². The summed E-state index contributed by atoms with van der Waals surface area (Å²) in [6, 6.07) is 17.5. The van der Waals surface area contributed by atoms with Gasteiger partial charge in [0.25, 0.3) is 0 Å². The molecule has 0 saturated carbocycles. The third-order valence-corrected chi connectivity index (χ3v) is 8.17. The van der Waals surface area contributed by atoms with Gasteiger partial charge in [0.15, 0.2) is 5.16 Å². The number of nitrogens with zero attached hydrogens (tertiary/aromatic N) is 6. The number of amides is 1. The first kappa shape index (κ1) is 26.2. The Bertz CT molecular complexity index is 1250. The van der Waals surface area contributed by atoms with E-state index in [1.165, 1.54) is 11.8 Å². The standard InChI is InChI=1S/C26H27Cl3N6OS/c27-19-4-3-5-20(16-19)32-8-12-34(13-9-32)24-17-23(29)30-26(31-24)37-18-25(36)35-14-10-33(11-15-35)22-7-2-1-6-21(22)28/h1-7,16-17H,8-15,18H2.